The molecule has 8 nitrogen and oxygen atoms in total. The number of amides is 2. The Hall–Kier alpha value is -4.11. The van der Waals surface area contributed by atoms with Gasteiger partial charge < -0.3 is 24.4 Å². The van der Waals surface area contributed by atoms with Crippen LogP contribution in [-0.4, -0.2) is 55.7 Å². The molecule has 0 bridgehead atoms. The van der Waals surface area contributed by atoms with Crippen molar-refractivity contribution < 1.29 is 23.8 Å². The van der Waals surface area contributed by atoms with Crippen molar-refractivity contribution in [3.8, 4) is 17.2 Å². The number of carbonyl (C=O) groups is 2. The van der Waals surface area contributed by atoms with Crippen LogP contribution in [0.4, 0.5) is 11.4 Å². The largest absolute Gasteiger partial charge is 0.497 e. The van der Waals surface area contributed by atoms with Crippen LogP contribution in [0.1, 0.15) is 12.0 Å². The lowest BCUT2D eigenvalue weighted by Crippen LogP contribution is -2.39. The Morgan fingerprint density at radius 1 is 0.838 bits per heavy atom. The van der Waals surface area contributed by atoms with E-state index < -0.39 is 6.04 Å². The molecule has 192 valence electrons. The second-order valence-electron chi connectivity index (χ2n) is 8.44. The first-order valence-corrected chi connectivity index (χ1v) is 12.2. The van der Waals surface area contributed by atoms with E-state index in [0.29, 0.717) is 41.0 Å². The van der Waals surface area contributed by atoms with Crippen molar-refractivity contribution in [1.82, 2.24) is 4.90 Å². The summed E-state index contributed by atoms with van der Waals surface area (Å²) in [6.07, 6.45) is 0.602. The molecule has 9 heteroatoms. The summed E-state index contributed by atoms with van der Waals surface area (Å²) in [6, 6.07) is 21.2. The lowest BCUT2D eigenvalue weighted by atomic mass is 10.1. The van der Waals surface area contributed by atoms with Gasteiger partial charge in [-0.25, -0.2) is 0 Å². The van der Waals surface area contributed by atoms with Crippen molar-refractivity contribution in [3.63, 3.8) is 0 Å². The smallest absolute Gasteiger partial charge is 0.256 e. The Kier molecular flexibility index (Phi) is 8.25. The van der Waals surface area contributed by atoms with Crippen molar-refractivity contribution in [3.05, 3.63) is 78.4 Å². The summed E-state index contributed by atoms with van der Waals surface area (Å²) in [5.74, 6) is 1.61. The highest BCUT2D eigenvalue weighted by Gasteiger charge is 2.43. The molecule has 3 aromatic carbocycles. The summed E-state index contributed by atoms with van der Waals surface area (Å²) in [5.41, 5.74) is 2.32. The van der Waals surface area contributed by atoms with E-state index in [2.05, 4.69) is 5.32 Å². The van der Waals surface area contributed by atoms with E-state index in [1.165, 1.54) is 4.90 Å². The molecule has 1 N–H and O–H groups in total. The molecule has 0 spiro atoms. The van der Waals surface area contributed by atoms with Crippen LogP contribution in [0.25, 0.3) is 0 Å². The fraction of sp³-hybridized carbons (Fsp3) is 0.250. The highest BCUT2D eigenvalue weighted by Crippen LogP contribution is 2.29. The van der Waals surface area contributed by atoms with E-state index >= 15 is 0 Å². The van der Waals surface area contributed by atoms with Crippen LogP contribution in [0.15, 0.2) is 72.8 Å². The number of rotatable bonds is 10. The quantitative estimate of drug-likeness (QED) is 0.401. The van der Waals surface area contributed by atoms with Crippen LogP contribution in [0, 0.1) is 0 Å². The predicted molar refractivity (Wildman–Crippen MR) is 147 cm³/mol. The SMILES string of the molecule is COc1ccc(CCN2C(=S)N(c3ccc(OC)cc3)C(=O)[C@@H]2CC(=O)Nc2ccc(OC)cc2)cc1. The van der Waals surface area contributed by atoms with Crippen LogP contribution in [0.5, 0.6) is 17.2 Å². The Balaban J connectivity index is 1.53. The van der Waals surface area contributed by atoms with Gasteiger partial charge in [0.2, 0.25) is 5.91 Å². The number of benzene rings is 3. The summed E-state index contributed by atoms with van der Waals surface area (Å²) < 4.78 is 15.6. The summed E-state index contributed by atoms with van der Waals surface area (Å²) in [5, 5.41) is 3.23. The molecule has 0 radical (unpaired) electrons. The fourth-order valence-electron chi connectivity index (χ4n) is 4.16. The number of carbonyl (C=O) groups excluding carboxylic acids is 2. The third kappa shape index (κ3) is 6.00. The van der Waals surface area contributed by atoms with Gasteiger partial charge in [-0.2, -0.15) is 0 Å². The number of anilines is 2. The van der Waals surface area contributed by atoms with E-state index in [1.54, 1.807) is 69.9 Å². The molecule has 1 fully saturated rings. The Labute approximate surface area is 221 Å². The van der Waals surface area contributed by atoms with Gasteiger partial charge in [0.25, 0.3) is 5.91 Å². The number of nitrogens with one attached hydrogen (secondary N) is 1. The van der Waals surface area contributed by atoms with Gasteiger partial charge >= 0.3 is 0 Å². The van der Waals surface area contributed by atoms with Crippen LogP contribution in [-0.2, 0) is 16.0 Å². The standard InChI is InChI=1S/C28H29N3O5S/c1-34-22-10-4-19(5-11-22)16-17-30-25(18-26(32)29-20-6-12-23(35-2)13-7-20)27(33)31(28(30)37)21-8-14-24(36-3)15-9-21/h4-15,25H,16-18H2,1-3H3,(H,29,32)/t25-/m0/s1. The van der Waals surface area contributed by atoms with Crippen molar-refractivity contribution in [2.24, 2.45) is 0 Å². The van der Waals surface area contributed by atoms with Gasteiger partial charge in [0.15, 0.2) is 5.11 Å². The molecule has 1 aliphatic rings. The maximum Gasteiger partial charge on any atom is 0.256 e. The maximum atomic E-state index is 13.6. The molecule has 37 heavy (non-hydrogen) atoms. The first-order valence-electron chi connectivity index (χ1n) is 11.8. The maximum absolute atomic E-state index is 13.6. The number of thiocarbonyl (C=S) groups is 1. The third-order valence-electron chi connectivity index (χ3n) is 6.20. The average Bonchev–Trinajstić information content (AvgIpc) is 3.16. The monoisotopic (exact) mass is 519 g/mol. The predicted octanol–water partition coefficient (Wildman–Crippen LogP) is 4.29. The number of nitrogens with zero attached hydrogens (tertiary/aromatic N) is 2. The van der Waals surface area contributed by atoms with E-state index in [0.717, 1.165) is 11.3 Å². The van der Waals surface area contributed by atoms with E-state index in [9.17, 15) is 9.59 Å². The lowest BCUT2D eigenvalue weighted by Gasteiger charge is -2.24. The van der Waals surface area contributed by atoms with Crippen LogP contribution in [0.2, 0.25) is 0 Å². The first-order chi connectivity index (χ1) is 17.9. The first kappa shape index (κ1) is 26.0. The van der Waals surface area contributed by atoms with E-state index in [-0.39, 0.29) is 18.2 Å². The van der Waals surface area contributed by atoms with Crippen LogP contribution in [0.3, 0.4) is 0 Å². The number of hydrogen-bond acceptors (Lipinski definition) is 6. The van der Waals surface area contributed by atoms with Crippen molar-refractivity contribution in [2.75, 3.05) is 38.1 Å². The van der Waals surface area contributed by atoms with Gasteiger partial charge in [-0.05, 0) is 84.9 Å². The third-order valence-corrected chi connectivity index (χ3v) is 6.62. The summed E-state index contributed by atoms with van der Waals surface area (Å²) >= 11 is 5.76. The van der Waals surface area contributed by atoms with Gasteiger partial charge in [0, 0.05) is 12.2 Å². The normalized spacial score (nSPS) is 15.1. The minimum absolute atomic E-state index is 0.0414. The zero-order valence-corrected chi connectivity index (χ0v) is 21.8. The van der Waals surface area contributed by atoms with E-state index in [1.807, 2.05) is 29.2 Å². The van der Waals surface area contributed by atoms with Gasteiger partial charge in [-0.1, -0.05) is 12.1 Å². The van der Waals surface area contributed by atoms with E-state index in [4.69, 9.17) is 26.4 Å². The molecule has 0 aromatic heterocycles. The number of ether oxygens (including phenoxy) is 3. The molecule has 2 amide bonds. The molecule has 1 saturated heterocycles. The van der Waals surface area contributed by atoms with Gasteiger partial charge in [0.05, 0.1) is 33.4 Å². The van der Waals surface area contributed by atoms with Crippen LogP contribution < -0.4 is 24.4 Å². The Morgan fingerprint density at radius 3 is 1.89 bits per heavy atom. The Morgan fingerprint density at radius 2 is 1.35 bits per heavy atom. The molecule has 1 atom stereocenters. The van der Waals surface area contributed by atoms with Crippen molar-refractivity contribution in [1.29, 1.82) is 0 Å². The fourth-order valence-corrected chi connectivity index (χ4v) is 4.57. The number of methoxy groups -OCH3 is 3. The number of hydrogen-bond donors (Lipinski definition) is 1. The van der Waals surface area contributed by atoms with Crippen molar-refractivity contribution >= 4 is 40.5 Å². The molecular weight excluding hydrogens is 490 g/mol. The van der Waals surface area contributed by atoms with Crippen molar-refractivity contribution in [2.45, 2.75) is 18.9 Å². The van der Waals surface area contributed by atoms with Gasteiger partial charge in [0.1, 0.15) is 23.3 Å². The molecule has 4 rings (SSSR count). The molecule has 3 aromatic rings. The molecule has 0 saturated carbocycles. The zero-order valence-electron chi connectivity index (χ0n) is 21.0. The van der Waals surface area contributed by atoms with Gasteiger partial charge in [-0.3, -0.25) is 14.5 Å². The molecule has 1 aliphatic heterocycles. The molecule has 0 aliphatic carbocycles. The summed E-state index contributed by atoms with van der Waals surface area (Å²) in [6.45, 7) is 0.476. The molecule has 0 unspecified atom stereocenters. The minimum Gasteiger partial charge on any atom is -0.497 e. The lowest BCUT2D eigenvalue weighted by molar-refractivity contribution is -0.124. The molecular formula is C28H29N3O5S. The molecule has 1 heterocycles. The van der Waals surface area contributed by atoms with Crippen LogP contribution >= 0.6 is 12.2 Å². The topological polar surface area (TPSA) is 80.3 Å². The second kappa shape index (κ2) is 11.7. The highest BCUT2D eigenvalue weighted by molar-refractivity contribution is 7.80. The highest BCUT2D eigenvalue weighted by atomic mass is 32.1. The zero-order chi connectivity index (χ0) is 26.4. The second-order valence-corrected chi connectivity index (χ2v) is 8.81. The minimum atomic E-state index is -0.730. The summed E-state index contributed by atoms with van der Waals surface area (Å²) in [7, 11) is 4.79. The summed E-state index contributed by atoms with van der Waals surface area (Å²) in [4.78, 5) is 29.9. The average molecular weight is 520 g/mol. The van der Waals surface area contributed by atoms with Gasteiger partial charge in [-0.15, -0.1) is 0 Å². The Bertz CT molecular complexity index is 1250.